The molecule has 0 N–H and O–H groups in total. The highest BCUT2D eigenvalue weighted by Crippen LogP contribution is 2.27. The molecule has 2 aliphatic rings. The Hall–Kier alpha value is -2.66. The van der Waals surface area contributed by atoms with Gasteiger partial charge in [-0.3, -0.25) is 9.69 Å². The summed E-state index contributed by atoms with van der Waals surface area (Å²) in [5, 5.41) is 1.24. The van der Waals surface area contributed by atoms with Crippen LogP contribution >= 0.6 is 0 Å². The Balaban J connectivity index is 1.26. The quantitative estimate of drug-likeness (QED) is 0.531. The zero-order valence-electron chi connectivity index (χ0n) is 19.5. The average Bonchev–Trinajstić information content (AvgIpc) is 3.18. The van der Waals surface area contributed by atoms with E-state index in [2.05, 4.69) is 51.6 Å². The van der Waals surface area contributed by atoms with E-state index in [0.29, 0.717) is 5.91 Å². The third-order valence-corrected chi connectivity index (χ3v) is 7.57. The first-order chi connectivity index (χ1) is 16.1. The van der Waals surface area contributed by atoms with Gasteiger partial charge >= 0.3 is 0 Å². The maximum Gasteiger partial charge on any atom is 0.225 e. The molecule has 0 saturated carbocycles. The van der Waals surface area contributed by atoms with Gasteiger partial charge in [-0.1, -0.05) is 37.3 Å². The molecule has 0 spiro atoms. The van der Waals surface area contributed by atoms with Crippen LogP contribution in [0.1, 0.15) is 43.9 Å². The van der Waals surface area contributed by atoms with E-state index >= 15 is 0 Å². The molecule has 3 aromatic rings. The van der Waals surface area contributed by atoms with Crippen LogP contribution in [0.15, 0.2) is 54.6 Å². The molecule has 5 rings (SSSR count). The van der Waals surface area contributed by atoms with Crippen molar-refractivity contribution in [1.29, 1.82) is 0 Å². The molecule has 1 amide bonds. The van der Waals surface area contributed by atoms with Gasteiger partial charge in [0, 0.05) is 43.3 Å². The average molecular weight is 448 g/mol. The second kappa shape index (κ2) is 9.68. The largest absolute Gasteiger partial charge is 0.342 e. The van der Waals surface area contributed by atoms with Gasteiger partial charge in [0.15, 0.2) is 0 Å². The van der Waals surface area contributed by atoms with Crippen molar-refractivity contribution in [1.82, 2.24) is 14.4 Å². The van der Waals surface area contributed by atoms with Crippen LogP contribution in [0, 0.1) is 17.7 Å². The molecule has 2 saturated heterocycles. The molecule has 2 aromatic carbocycles. The normalized spacial score (nSPS) is 18.8. The second-order valence-electron chi connectivity index (χ2n) is 9.97. The van der Waals surface area contributed by atoms with E-state index in [1.807, 2.05) is 12.1 Å². The summed E-state index contributed by atoms with van der Waals surface area (Å²) >= 11 is 0. The fourth-order valence-electron chi connectivity index (χ4n) is 5.41. The van der Waals surface area contributed by atoms with E-state index in [4.69, 9.17) is 0 Å². The molecule has 2 aliphatic heterocycles. The van der Waals surface area contributed by atoms with Gasteiger partial charge < -0.3 is 9.47 Å². The molecule has 33 heavy (non-hydrogen) atoms. The topological polar surface area (TPSA) is 28.5 Å². The van der Waals surface area contributed by atoms with E-state index in [-0.39, 0.29) is 11.7 Å². The predicted molar refractivity (Wildman–Crippen MR) is 130 cm³/mol. The highest BCUT2D eigenvalue weighted by Gasteiger charge is 2.30. The molecule has 0 aliphatic carbocycles. The number of carbonyl (C=O) groups excluding carboxylic acids is 1. The third-order valence-electron chi connectivity index (χ3n) is 7.57. The Morgan fingerprint density at radius 1 is 0.909 bits per heavy atom. The summed E-state index contributed by atoms with van der Waals surface area (Å²) in [6.45, 7) is 7.67. The highest BCUT2D eigenvalue weighted by atomic mass is 19.1. The molecule has 3 heterocycles. The first-order valence-electron chi connectivity index (χ1n) is 12.4. The van der Waals surface area contributed by atoms with Crippen LogP contribution in [0.4, 0.5) is 4.39 Å². The van der Waals surface area contributed by atoms with Crippen molar-refractivity contribution in [2.45, 2.75) is 45.7 Å². The third kappa shape index (κ3) is 4.98. The smallest absolute Gasteiger partial charge is 0.225 e. The molecule has 4 nitrogen and oxygen atoms in total. The minimum atomic E-state index is -0.201. The maximum atomic E-state index is 13.4. The van der Waals surface area contributed by atoms with Crippen molar-refractivity contribution in [3.63, 3.8) is 0 Å². The summed E-state index contributed by atoms with van der Waals surface area (Å²) in [5.74, 6) is 1.11. The first kappa shape index (κ1) is 22.1. The number of piperidine rings is 2. The molecule has 174 valence electrons. The number of likely N-dealkylation sites (tertiary alicyclic amines) is 2. The lowest BCUT2D eigenvalue weighted by atomic mass is 9.92. The number of carbonyl (C=O) groups is 1. The monoisotopic (exact) mass is 447 g/mol. The summed E-state index contributed by atoms with van der Waals surface area (Å²) in [4.78, 5) is 17.6. The molecule has 1 aromatic heterocycles. The Morgan fingerprint density at radius 3 is 2.33 bits per heavy atom. The molecule has 0 unspecified atom stereocenters. The highest BCUT2D eigenvalue weighted by molar-refractivity contribution is 5.81. The zero-order chi connectivity index (χ0) is 22.8. The first-order valence-corrected chi connectivity index (χ1v) is 12.4. The van der Waals surface area contributed by atoms with E-state index in [1.54, 1.807) is 0 Å². The second-order valence-corrected chi connectivity index (χ2v) is 9.97. The minimum absolute atomic E-state index is 0.180. The molecule has 0 radical (unpaired) electrons. The Bertz CT molecular complexity index is 1090. The van der Waals surface area contributed by atoms with Crippen LogP contribution < -0.4 is 0 Å². The lowest BCUT2D eigenvalue weighted by Crippen LogP contribution is -2.45. The number of benzene rings is 2. The van der Waals surface area contributed by atoms with Gasteiger partial charge in [-0.25, -0.2) is 4.39 Å². The Morgan fingerprint density at radius 2 is 1.61 bits per heavy atom. The fourth-order valence-corrected chi connectivity index (χ4v) is 5.41. The maximum absolute atomic E-state index is 13.4. The van der Waals surface area contributed by atoms with Crippen molar-refractivity contribution in [2.75, 3.05) is 26.2 Å². The van der Waals surface area contributed by atoms with Crippen molar-refractivity contribution < 1.29 is 9.18 Å². The van der Waals surface area contributed by atoms with Gasteiger partial charge in [0.1, 0.15) is 5.82 Å². The number of halogens is 1. The van der Waals surface area contributed by atoms with E-state index in [0.717, 1.165) is 76.4 Å². The van der Waals surface area contributed by atoms with Crippen LogP contribution in [0.5, 0.6) is 0 Å². The predicted octanol–water partition coefficient (Wildman–Crippen LogP) is 5.30. The van der Waals surface area contributed by atoms with Crippen LogP contribution in [-0.4, -0.2) is 46.5 Å². The van der Waals surface area contributed by atoms with Gasteiger partial charge in [-0.2, -0.15) is 0 Å². The summed E-state index contributed by atoms with van der Waals surface area (Å²) in [6.07, 6.45) is 4.18. The lowest BCUT2D eigenvalue weighted by molar-refractivity contribution is -0.138. The van der Waals surface area contributed by atoms with Crippen LogP contribution in [0.2, 0.25) is 0 Å². The number of amides is 1. The fraction of sp³-hybridized carbons (Fsp3) is 0.464. The number of para-hydroxylation sites is 1. The summed E-state index contributed by atoms with van der Waals surface area (Å²) in [7, 11) is 0. The van der Waals surface area contributed by atoms with E-state index in [1.165, 1.54) is 28.7 Å². The zero-order valence-corrected chi connectivity index (χ0v) is 19.5. The molecule has 2 fully saturated rings. The van der Waals surface area contributed by atoms with Gasteiger partial charge in [-0.05, 0) is 79.9 Å². The van der Waals surface area contributed by atoms with Gasteiger partial charge in [0.2, 0.25) is 5.91 Å². The van der Waals surface area contributed by atoms with Gasteiger partial charge in [0.25, 0.3) is 0 Å². The number of hydrogen-bond acceptors (Lipinski definition) is 2. The molecule has 0 bridgehead atoms. The van der Waals surface area contributed by atoms with E-state index in [9.17, 15) is 9.18 Å². The summed E-state index contributed by atoms with van der Waals surface area (Å²) < 4.78 is 15.7. The number of hydrogen-bond donors (Lipinski definition) is 0. The SMILES string of the molecule is CC1CCN(C(=O)C2CCN(Cc3cc4ccccc4n3Cc3ccc(F)cc3)CC2)CC1. The van der Waals surface area contributed by atoms with Crippen molar-refractivity contribution in [2.24, 2.45) is 11.8 Å². The van der Waals surface area contributed by atoms with Crippen LogP contribution in [0.25, 0.3) is 10.9 Å². The number of fused-ring (bicyclic) bond motifs is 1. The molecule has 0 atom stereocenters. The standard InChI is InChI=1S/C28H34FN3O/c1-21-10-16-31(17-11-21)28(33)23-12-14-30(15-13-23)20-26-18-24-4-2-3-5-27(24)32(26)19-22-6-8-25(29)9-7-22/h2-9,18,21,23H,10-17,19-20H2,1H3. The summed E-state index contributed by atoms with van der Waals surface area (Å²) in [5.41, 5.74) is 3.58. The van der Waals surface area contributed by atoms with Crippen LogP contribution in [-0.2, 0) is 17.9 Å². The summed E-state index contributed by atoms with van der Waals surface area (Å²) in [6, 6.07) is 17.6. The van der Waals surface area contributed by atoms with Gasteiger partial charge in [0.05, 0.1) is 0 Å². The molecular weight excluding hydrogens is 413 g/mol. The van der Waals surface area contributed by atoms with Crippen molar-refractivity contribution >= 4 is 16.8 Å². The van der Waals surface area contributed by atoms with E-state index < -0.39 is 0 Å². The lowest BCUT2D eigenvalue weighted by Gasteiger charge is -2.36. The Kier molecular flexibility index (Phi) is 6.50. The molecular formula is C28H34FN3O. The van der Waals surface area contributed by atoms with Crippen LogP contribution in [0.3, 0.4) is 0 Å². The number of nitrogens with zero attached hydrogens (tertiary/aromatic N) is 3. The Labute approximate surface area is 196 Å². The van der Waals surface area contributed by atoms with Crippen molar-refractivity contribution in [3.8, 4) is 0 Å². The number of rotatable bonds is 5. The molecule has 5 heteroatoms. The van der Waals surface area contributed by atoms with Gasteiger partial charge in [-0.15, -0.1) is 0 Å². The number of aromatic nitrogens is 1. The minimum Gasteiger partial charge on any atom is -0.342 e. The van der Waals surface area contributed by atoms with Crippen molar-refractivity contribution in [3.05, 3.63) is 71.7 Å².